The quantitative estimate of drug-likeness (QED) is 0.174. The predicted octanol–water partition coefficient (Wildman–Crippen LogP) is 6.11. The van der Waals surface area contributed by atoms with E-state index in [0.29, 0.717) is 23.7 Å². The number of halogens is 4. The minimum absolute atomic E-state index is 0.194. The predicted molar refractivity (Wildman–Crippen MR) is 128 cm³/mol. The lowest BCUT2D eigenvalue weighted by molar-refractivity contribution is -0.209. The van der Waals surface area contributed by atoms with Gasteiger partial charge in [-0.2, -0.15) is 5.10 Å². The fourth-order valence-electron chi connectivity index (χ4n) is 5.82. The molecule has 0 spiro atoms. The molecular weight excluding hydrogens is 530 g/mol. The minimum Gasteiger partial charge on any atom is -0.374 e. The van der Waals surface area contributed by atoms with Gasteiger partial charge in [-0.15, -0.1) is 12.3 Å². The normalized spacial score (nSPS) is 35.1. The van der Waals surface area contributed by atoms with Crippen LogP contribution in [0.15, 0.2) is 0 Å². The molecule has 32 heavy (non-hydrogen) atoms. The van der Waals surface area contributed by atoms with E-state index in [4.69, 9.17) is 11.5 Å². The molecule has 4 nitrogen and oxygen atoms in total. The van der Waals surface area contributed by atoms with Gasteiger partial charge < -0.3 is 10.4 Å². The van der Waals surface area contributed by atoms with Crippen molar-refractivity contribution in [1.82, 2.24) is 9.78 Å². The number of hydrogen-bond acceptors (Lipinski definition) is 3. The molecule has 1 aromatic rings. The average Bonchev–Trinajstić information content (AvgIpc) is 3.19. The van der Waals surface area contributed by atoms with Gasteiger partial charge in [-0.05, 0) is 72.4 Å². The van der Waals surface area contributed by atoms with Crippen LogP contribution in [0.1, 0.15) is 87.8 Å². The van der Waals surface area contributed by atoms with Crippen molar-refractivity contribution in [2.45, 2.75) is 92.4 Å². The molecule has 4 rings (SSSR count). The summed E-state index contributed by atoms with van der Waals surface area (Å²) in [4.78, 5) is 0. The third-order valence-electron chi connectivity index (χ3n) is 8.03. The number of hydrogen-bond donors (Lipinski definition) is 2. The second-order valence-electron chi connectivity index (χ2n) is 10.2. The maximum absolute atomic E-state index is 14.0. The third kappa shape index (κ3) is 4.28. The highest BCUT2D eigenvalue weighted by Crippen LogP contribution is 2.59. The molecule has 3 aliphatic carbocycles. The molecule has 3 saturated carbocycles. The van der Waals surface area contributed by atoms with Crippen molar-refractivity contribution < 1.29 is 18.3 Å². The van der Waals surface area contributed by atoms with E-state index in [2.05, 4.69) is 18.2 Å². The van der Waals surface area contributed by atoms with Crippen molar-refractivity contribution in [2.75, 3.05) is 5.32 Å². The Kier molecular flexibility index (Phi) is 6.81. The summed E-state index contributed by atoms with van der Waals surface area (Å²) in [6.45, 7) is 2.28. The lowest BCUT2D eigenvalue weighted by Gasteiger charge is -2.46. The Morgan fingerprint density at radius 3 is 2.59 bits per heavy atom. The molecule has 3 fully saturated rings. The van der Waals surface area contributed by atoms with E-state index < -0.39 is 21.7 Å². The van der Waals surface area contributed by atoms with E-state index in [1.165, 1.54) is 22.6 Å². The van der Waals surface area contributed by atoms with E-state index in [-0.39, 0.29) is 12.8 Å². The summed E-state index contributed by atoms with van der Waals surface area (Å²) in [5.41, 5.74) is 2.23. The zero-order valence-electron chi connectivity index (χ0n) is 18.8. The second kappa shape index (κ2) is 9.01. The van der Waals surface area contributed by atoms with Crippen LogP contribution in [0.5, 0.6) is 0 Å². The molecule has 6 atom stereocenters. The van der Waals surface area contributed by atoms with Gasteiger partial charge in [-0.3, -0.25) is 4.68 Å². The second-order valence-corrected chi connectivity index (χ2v) is 11.9. The number of anilines is 1. The molecule has 0 aliphatic heterocycles. The summed E-state index contributed by atoms with van der Waals surface area (Å²) in [5.74, 6) is 0.795. The van der Waals surface area contributed by atoms with Gasteiger partial charge in [0, 0.05) is 43.7 Å². The highest BCUT2D eigenvalue weighted by molar-refractivity contribution is 14.1. The average molecular weight is 563 g/mol. The summed E-state index contributed by atoms with van der Waals surface area (Å²) in [6.07, 6.45) is 11.1. The van der Waals surface area contributed by atoms with E-state index in [1.54, 1.807) is 4.68 Å². The Hall–Kier alpha value is -0.950. The van der Waals surface area contributed by atoms with E-state index in [0.717, 1.165) is 62.0 Å². The molecule has 0 amide bonds. The molecule has 1 heterocycles. The fourth-order valence-corrected chi connectivity index (χ4v) is 6.79. The first kappa shape index (κ1) is 24.2. The highest BCUT2D eigenvalue weighted by Gasteiger charge is 2.68. The number of aromatic nitrogens is 2. The molecular formula is C24H33F3IN3O. The Balaban J connectivity index is 1.51. The summed E-state index contributed by atoms with van der Waals surface area (Å²) in [6, 6.07) is 0. The standard InChI is InChI=1S/C24H33F3IN3O/c1-4-5-7-16-11-17(10-14(16)2)21-20(15-8-6-9-15)22(31(3)30-21)29-19(32)12-18-13-23(25,28)24(18,26)27/h1,14-19,29,32H,5-13H2,2-3H3/t14?,16?,17?,18-,19?,23?/m1/s1. The Labute approximate surface area is 202 Å². The lowest BCUT2D eigenvalue weighted by Crippen LogP contribution is -2.58. The summed E-state index contributed by atoms with van der Waals surface area (Å²) in [7, 11) is 1.84. The Morgan fingerprint density at radius 1 is 1.31 bits per heavy atom. The zero-order chi connectivity index (χ0) is 23.3. The highest BCUT2D eigenvalue weighted by atomic mass is 127. The van der Waals surface area contributed by atoms with E-state index >= 15 is 0 Å². The minimum atomic E-state index is -3.42. The molecule has 178 valence electrons. The number of aryl methyl sites for hydroxylation is 1. The van der Waals surface area contributed by atoms with Crippen molar-refractivity contribution in [3.05, 3.63) is 11.3 Å². The van der Waals surface area contributed by atoms with Crippen LogP contribution in [0.25, 0.3) is 0 Å². The van der Waals surface area contributed by atoms with Crippen LogP contribution in [0.4, 0.5) is 19.0 Å². The third-order valence-corrected chi connectivity index (χ3v) is 9.19. The van der Waals surface area contributed by atoms with Gasteiger partial charge >= 0.3 is 0 Å². The van der Waals surface area contributed by atoms with Crippen LogP contribution in [-0.4, -0.2) is 30.7 Å². The number of terminal acetylenes is 1. The first-order chi connectivity index (χ1) is 15.0. The van der Waals surface area contributed by atoms with E-state index in [1.807, 2.05) is 7.05 Å². The van der Waals surface area contributed by atoms with Crippen molar-refractivity contribution in [1.29, 1.82) is 0 Å². The van der Waals surface area contributed by atoms with E-state index in [9.17, 15) is 18.3 Å². The van der Waals surface area contributed by atoms with Gasteiger partial charge in [0.15, 0.2) is 0 Å². The molecule has 0 radical (unpaired) electrons. The van der Waals surface area contributed by atoms with Gasteiger partial charge in [0.25, 0.3) is 5.92 Å². The maximum atomic E-state index is 14.0. The number of rotatable bonds is 8. The number of alkyl halides is 4. The van der Waals surface area contributed by atoms with Gasteiger partial charge in [0.05, 0.1) is 5.69 Å². The van der Waals surface area contributed by atoms with Crippen LogP contribution >= 0.6 is 22.6 Å². The summed E-state index contributed by atoms with van der Waals surface area (Å²) in [5, 5.41) is 18.5. The molecule has 2 N–H and O–H groups in total. The molecule has 0 saturated heterocycles. The van der Waals surface area contributed by atoms with Crippen molar-refractivity contribution in [3.63, 3.8) is 0 Å². The van der Waals surface area contributed by atoms with Crippen LogP contribution in [-0.2, 0) is 7.05 Å². The molecule has 0 bridgehead atoms. The largest absolute Gasteiger partial charge is 0.374 e. The zero-order valence-corrected chi connectivity index (χ0v) is 20.9. The van der Waals surface area contributed by atoms with Crippen molar-refractivity contribution >= 4 is 28.4 Å². The Bertz CT molecular complexity index is 877. The Morgan fingerprint density at radius 2 is 2.03 bits per heavy atom. The summed E-state index contributed by atoms with van der Waals surface area (Å²) >= 11 is 1.18. The molecule has 0 aromatic carbocycles. The molecule has 3 aliphatic rings. The lowest BCUT2D eigenvalue weighted by atomic mass is 9.76. The summed E-state index contributed by atoms with van der Waals surface area (Å²) < 4.78 is 41.2. The maximum Gasteiger partial charge on any atom is 0.293 e. The smallest absolute Gasteiger partial charge is 0.293 e. The number of nitrogens with zero attached hydrogens (tertiary/aromatic N) is 2. The van der Waals surface area contributed by atoms with Crippen molar-refractivity contribution in [2.24, 2.45) is 24.8 Å². The van der Waals surface area contributed by atoms with Gasteiger partial charge in [0.2, 0.25) is 3.68 Å². The number of nitrogens with one attached hydrogen (secondary N) is 1. The van der Waals surface area contributed by atoms with Crippen molar-refractivity contribution in [3.8, 4) is 12.3 Å². The van der Waals surface area contributed by atoms with Crippen LogP contribution in [0.2, 0.25) is 0 Å². The molecule has 1 aromatic heterocycles. The van der Waals surface area contributed by atoms with Gasteiger partial charge in [-0.1, -0.05) is 13.3 Å². The molecule has 5 unspecified atom stereocenters. The van der Waals surface area contributed by atoms with Crippen LogP contribution in [0, 0.1) is 30.1 Å². The monoisotopic (exact) mass is 563 g/mol. The molecule has 8 heteroatoms. The topological polar surface area (TPSA) is 50.1 Å². The first-order valence-electron chi connectivity index (χ1n) is 11.8. The van der Waals surface area contributed by atoms with Gasteiger partial charge in [0.1, 0.15) is 12.0 Å². The van der Waals surface area contributed by atoms with Crippen LogP contribution in [0.3, 0.4) is 0 Å². The number of aliphatic hydroxyl groups excluding tert-OH is 1. The van der Waals surface area contributed by atoms with Crippen LogP contribution < -0.4 is 5.32 Å². The van der Waals surface area contributed by atoms with Gasteiger partial charge in [-0.25, -0.2) is 13.2 Å². The number of aliphatic hydroxyl groups is 1. The SMILES string of the molecule is C#CCCC1CC(c2nn(C)c(NC(O)C[C@@H]3CC(F)(I)C3(F)F)c2C2CCC2)CC1C. The fraction of sp³-hybridized carbons (Fsp3) is 0.792. The first-order valence-corrected chi connectivity index (χ1v) is 12.8.